The minimum absolute atomic E-state index is 0.0887. The summed E-state index contributed by atoms with van der Waals surface area (Å²) >= 11 is 7.27. The number of thiophene rings is 1. The number of aromatic hydroxyl groups is 1. The van der Waals surface area contributed by atoms with Gasteiger partial charge < -0.3 is 10.2 Å². The molecule has 0 fully saturated rings. The van der Waals surface area contributed by atoms with E-state index in [1.807, 2.05) is 0 Å². The Morgan fingerprint density at radius 3 is 2.95 bits per heavy atom. The van der Waals surface area contributed by atoms with E-state index in [1.165, 1.54) is 11.3 Å². The van der Waals surface area contributed by atoms with Crippen LogP contribution in [0.1, 0.15) is 5.56 Å². The maximum absolute atomic E-state index is 9.90. The lowest BCUT2D eigenvalue weighted by atomic mass is 10.2. The molecule has 0 aliphatic carbocycles. The molecule has 96 valence electrons. The molecule has 0 spiro atoms. The first-order valence-corrected chi connectivity index (χ1v) is 6.64. The van der Waals surface area contributed by atoms with Crippen LogP contribution in [0.5, 0.6) is 5.88 Å². The molecule has 19 heavy (non-hydrogen) atoms. The van der Waals surface area contributed by atoms with Gasteiger partial charge in [-0.15, -0.1) is 11.3 Å². The topological polar surface area (TPSA) is 79.1 Å². The number of fused-ring (bicyclic) bond motifs is 1. The van der Waals surface area contributed by atoms with E-state index in [1.54, 1.807) is 23.7 Å². The molecule has 0 saturated heterocycles. The Kier molecular flexibility index (Phi) is 3.06. The zero-order valence-corrected chi connectivity index (χ0v) is 11.1. The van der Waals surface area contributed by atoms with Crippen LogP contribution in [0.15, 0.2) is 23.7 Å². The number of nitrogens with zero attached hydrogens (tertiary/aromatic N) is 3. The van der Waals surface area contributed by atoms with Gasteiger partial charge >= 0.3 is 0 Å². The summed E-state index contributed by atoms with van der Waals surface area (Å²) in [6.07, 6.45) is 1.56. The summed E-state index contributed by atoms with van der Waals surface area (Å²) in [6.45, 7) is -0.0887. The van der Waals surface area contributed by atoms with Crippen molar-refractivity contribution in [3.05, 3.63) is 34.3 Å². The summed E-state index contributed by atoms with van der Waals surface area (Å²) in [4.78, 5) is 13.1. The van der Waals surface area contributed by atoms with Gasteiger partial charge in [0.1, 0.15) is 10.5 Å². The van der Waals surface area contributed by atoms with E-state index in [2.05, 4.69) is 15.0 Å². The number of aromatic nitrogens is 3. The van der Waals surface area contributed by atoms with Crippen LogP contribution in [-0.4, -0.2) is 25.2 Å². The quantitative estimate of drug-likeness (QED) is 0.759. The van der Waals surface area contributed by atoms with Crippen molar-refractivity contribution in [3.63, 3.8) is 0 Å². The van der Waals surface area contributed by atoms with Gasteiger partial charge in [-0.2, -0.15) is 4.98 Å². The number of hydrogen-bond acceptors (Lipinski definition) is 6. The highest BCUT2D eigenvalue weighted by Gasteiger charge is 2.14. The minimum atomic E-state index is -0.164. The number of halogens is 1. The average molecular weight is 294 g/mol. The highest BCUT2D eigenvalue weighted by molar-refractivity contribution is 7.17. The summed E-state index contributed by atoms with van der Waals surface area (Å²) in [5, 5.41) is 21.6. The number of rotatable bonds is 2. The Labute approximate surface area is 117 Å². The van der Waals surface area contributed by atoms with Crippen LogP contribution >= 0.6 is 22.9 Å². The molecule has 5 nitrogen and oxygen atoms in total. The zero-order valence-electron chi connectivity index (χ0n) is 9.54. The van der Waals surface area contributed by atoms with E-state index in [0.29, 0.717) is 32.3 Å². The molecule has 0 amide bonds. The van der Waals surface area contributed by atoms with Gasteiger partial charge in [-0.25, -0.2) is 4.98 Å². The number of aliphatic hydroxyl groups excluding tert-OH is 1. The molecule has 2 N–H and O–H groups in total. The standard InChI is InChI=1S/C12H8ClN3O2S/c13-7-5-19-12-9(7)11(18)15-10(16-12)8-3-6(4-17)1-2-14-8/h1-3,5,17H,4H2,(H,15,16,18). The second-order valence-electron chi connectivity index (χ2n) is 3.84. The average Bonchev–Trinajstić information content (AvgIpc) is 2.81. The van der Waals surface area contributed by atoms with Crippen LogP contribution in [0.3, 0.4) is 0 Å². The molecule has 3 aromatic rings. The molecule has 0 radical (unpaired) electrons. The smallest absolute Gasteiger partial charge is 0.225 e. The molecular formula is C12H8ClN3O2S. The number of pyridine rings is 1. The van der Waals surface area contributed by atoms with Gasteiger partial charge in [0, 0.05) is 11.6 Å². The van der Waals surface area contributed by atoms with Crippen LogP contribution in [-0.2, 0) is 6.61 Å². The van der Waals surface area contributed by atoms with E-state index < -0.39 is 0 Å². The highest BCUT2D eigenvalue weighted by Crippen LogP contribution is 2.35. The van der Waals surface area contributed by atoms with Crippen molar-refractivity contribution in [1.29, 1.82) is 0 Å². The summed E-state index contributed by atoms with van der Waals surface area (Å²) in [5.41, 5.74) is 1.20. The lowest BCUT2D eigenvalue weighted by molar-refractivity contribution is 0.282. The second kappa shape index (κ2) is 4.73. The maximum atomic E-state index is 9.90. The largest absolute Gasteiger partial charge is 0.493 e. The van der Waals surface area contributed by atoms with Crippen molar-refractivity contribution < 1.29 is 10.2 Å². The Balaban J connectivity index is 2.19. The monoisotopic (exact) mass is 293 g/mol. The van der Waals surface area contributed by atoms with Crippen molar-refractivity contribution in [3.8, 4) is 17.4 Å². The van der Waals surface area contributed by atoms with E-state index in [9.17, 15) is 5.11 Å². The lowest BCUT2D eigenvalue weighted by Gasteiger charge is -2.03. The third-order valence-corrected chi connectivity index (χ3v) is 3.91. The van der Waals surface area contributed by atoms with Gasteiger partial charge in [0.15, 0.2) is 5.82 Å². The maximum Gasteiger partial charge on any atom is 0.225 e. The Bertz CT molecular complexity index is 760. The zero-order chi connectivity index (χ0) is 13.4. The summed E-state index contributed by atoms with van der Waals surface area (Å²) in [7, 11) is 0. The van der Waals surface area contributed by atoms with Crippen LogP contribution in [0.25, 0.3) is 21.7 Å². The molecule has 7 heteroatoms. The molecule has 3 rings (SSSR count). The summed E-state index contributed by atoms with van der Waals surface area (Å²) in [5.74, 6) is 0.140. The van der Waals surface area contributed by atoms with Gasteiger partial charge in [-0.3, -0.25) is 4.98 Å². The molecule has 0 saturated carbocycles. The van der Waals surface area contributed by atoms with Crippen molar-refractivity contribution in [2.24, 2.45) is 0 Å². The normalized spacial score (nSPS) is 11.1. The SMILES string of the molecule is OCc1ccnc(-c2nc(O)c3c(Cl)csc3n2)c1. The fraction of sp³-hybridized carbons (Fsp3) is 0.0833. The second-order valence-corrected chi connectivity index (χ2v) is 5.11. The third-order valence-electron chi connectivity index (χ3n) is 2.61. The molecule has 0 aliphatic rings. The van der Waals surface area contributed by atoms with Crippen molar-refractivity contribution in [2.45, 2.75) is 6.61 Å². The summed E-state index contributed by atoms with van der Waals surface area (Å²) in [6, 6.07) is 3.37. The molecule has 3 aromatic heterocycles. The molecule has 0 bridgehead atoms. The predicted octanol–water partition coefficient (Wildman–Crippen LogP) is 2.60. The first-order valence-electron chi connectivity index (χ1n) is 5.39. The fourth-order valence-electron chi connectivity index (χ4n) is 1.70. The molecular weight excluding hydrogens is 286 g/mol. The van der Waals surface area contributed by atoms with Gasteiger partial charge in [-0.1, -0.05) is 11.6 Å². The molecule has 0 atom stereocenters. The van der Waals surface area contributed by atoms with E-state index >= 15 is 0 Å². The molecule has 0 aliphatic heterocycles. The number of aliphatic hydroxyl groups is 1. The van der Waals surface area contributed by atoms with Gasteiger partial charge in [0.05, 0.1) is 17.0 Å². The predicted molar refractivity (Wildman–Crippen MR) is 73.2 cm³/mol. The molecule has 0 aromatic carbocycles. The third kappa shape index (κ3) is 2.14. The van der Waals surface area contributed by atoms with Gasteiger partial charge in [-0.05, 0) is 17.7 Å². The van der Waals surface area contributed by atoms with Crippen molar-refractivity contribution in [1.82, 2.24) is 15.0 Å². The highest BCUT2D eigenvalue weighted by atomic mass is 35.5. The van der Waals surface area contributed by atoms with Gasteiger partial charge in [0.25, 0.3) is 0 Å². The lowest BCUT2D eigenvalue weighted by Crippen LogP contribution is -1.94. The van der Waals surface area contributed by atoms with E-state index in [4.69, 9.17) is 16.7 Å². The Hall–Kier alpha value is -1.76. The first-order chi connectivity index (χ1) is 9.19. The first kappa shape index (κ1) is 12.3. The van der Waals surface area contributed by atoms with E-state index in [-0.39, 0.29) is 12.5 Å². The summed E-state index contributed by atoms with van der Waals surface area (Å²) < 4.78 is 0. The Morgan fingerprint density at radius 1 is 1.32 bits per heavy atom. The van der Waals surface area contributed by atoms with Crippen molar-refractivity contribution >= 4 is 33.2 Å². The van der Waals surface area contributed by atoms with Crippen LogP contribution in [0.4, 0.5) is 0 Å². The van der Waals surface area contributed by atoms with Gasteiger partial charge in [0.2, 0.25) is 5.88 Å². The van der Waals surface area contributed by atoms with Crippen LogP contribution < -0.4 is 0 Å². The minimum Gasteiger partial charge on any atom is -0.493 e. The van der Waals surface area contributed by atoms with E-state index in [0.717, 1.165) is 0 Å². The van der Waals surface area contributed by atoms with Crippen molar-refractivity contribution in [2.75, 3.05) is 0 Å². The number of hydrogen-bond donors (Lipinski definition) is 2. The fourth-order valence-corrected chi connectivity index (χ4v) is 2.85. The Morgan fingerprint density at radius 2 is 2.16 bits per heavy atom. The molecule has 3 heterocycles. The van der Waals surface area contributed by atoms with Crippen LogP contribution in [0.2, 0.25) is 5.02 Å². The molecule has 0 unspecified atom stereocenters. The van der Waals surface area contributed by atoms with Crippen LogP contribution in [0, 0.1) is 0 Å².